The normalized spacial score (nSPS) is 12.4. The summed E-state index contributed by atoms with van der Waals surface area (Å²) in [7, 11) is 0. The van der Waals surface area contributed by atoms with Crippen LogP contribution in [0.15, 0.2) is 45.3 Å². The number of nitrogens with one attached hydrogen (secondary N) is 1. The van der Waals surface area contributed by atoms with Crippen molar-refractivity contribution in [1.82, 2.24) is 5.32 Å². The summed E-state index contributed by atoms with van der Waals surface area (Å²) < 4.78 is 15.7. The predicted molar refractivity (Wildman–Crippen MR) is 93.4 cm³/mol. The fourth-order valence-electron chi connectivity index (χ4n) is 2.13. The summed E-state index contributed by atoms with van der Waals surface area (Å²) in [5, 5.41) is 4.00. The van der Waals surface area contributed by atoms with Crippen LogP contribution in [0.4, 0.5) is 4.39 Å². The molecule has 0 bridgehead atoms. The Balaban J connectivity index is 2.47. The van der Waals surface area contributed by atoms with E-state index in [1.165, 1.54) is 0 Å². The van der Waals surface area contributed by atoms with Crippen LogP contribution in [0.5, 0.6) is 0 Å². The quantitative estimate of drug-likeness (QED) is 0.599. The van der Waals surface area contributed by atoms with Crippen LogP contribution in [0.1, 0.15) is 30.5 Å². The first-order valence-electron chi connectivity index (χ1n) is 6.66. The fraction of sp³-hybridized carbons (Fsp3) is 0.250. The van der Waals surface area contributed by atoms with E-state index in [2.05, 4.69) is 44.1 Å². The monoisotopic (exact) mass is 433 g/mol. The summed E-state index contributed by atoms with van der Waals surface area (Å²) in [6.07, 6.45) is 0.969. The molecule has 2 aromatic rings. The molecule has 0 radical (unpaired) electrons. The minimum atomic E-state index is -0.245. The molecule has 0 aliphatic heterocycles. The lowest BCUT2D eigenvalue weighted by molar-refractivity contribution is 0.543. The van der Waals surface area contributed by atoms with Crippen LogP contribution in [-0.4, -0.2) is 6.54 Å². The van der Waals surface area contributed by atoms with Gasteiger partial charge in [0.15, 0.2) is 0 Å². The molecule has 0 fully saturated rings. The predicted octanol–water partition coefficient (Wildman–Crippen LogP) is 6.09. The molecular formula is C16H15Br2ClFN. The molecule has 2 rings (SSSR count). The highest BCUT2D eigenvalue weighted by Gasteiger charge is 2.19. The zero-order valence-corrected chi connectivity index (χ0v) is 15.4. The Morgan fingerprint density at radius 1 is 1.19 bits per heavy atom. The molecule has 1 N–H and O–H groups in total. The minimum Gasteiger partial charge on any atom is -0.306 e. The highest BCUT2D eigenvalue weighted by Crippen LogP contribution is 2.32. The average molecular weight is 436 g/mol. The molecule has 0 amide bonds. The van der Waals surface area contributed by atoms with Gasteiger partial charge in [0.2, 0.25) is 0 Å². The third-order valence-electron chi connectivity index (χ3n) is 3.17. The van der Waals surface area contributed by atoms with Crippen LogP contribution in [-0.2, 0) is 0 Å². The third kappa shape index (κ3) is 4.07. The van der Waals surface area contributed by atoms with Gasteiger partial charge in [0, 0.05) is 10.0 Å². The van der Waals surface area contributed by atoms with E-state index in [0.717, 1.165) is 23.0 Å². The van der Waals surface area contributed by atoms with Crippen molar-refractivity contribution in [2.45, 2.75) is 19.4 Å². The SMILES string of the molecule is CCCNC(c1ccc(Br)c(Cl)c1)c1cccc(Br)c1F. The first-order chi connectivity index (χ1) is 10.0. The van der Waals surface area contributed by atoms with Crippen molar-refractivity contribution in [2.75, 3.05) is 6.54 Å². The van der Waals surface area contributed by atoms with E-state index >= 15 is 0 Å². The second-order valence-electron chi connectivity index (χ2n) is 4.70. The van der Waals surface area contributed by atoms with Gasteiger partial charge in [-0.3, -0.25) is 0 Å². The van der Waals surface area contributed by atoms with Gasteiger partial charge >= 0.3 is 0 Å². The van der Waals surface area contributed by atoms with Crippen molar-refractivity contribution in [1.29, 1.82) is 0 Å². The number of hydrogen-bond acceptors (Lipinski definition) is 1. The van der Waals surface area contributed by atoms with Crippen molar-refractivity contribution < 1.29 is 4.39 Å². The second-order valence-corrected chi connectivity index (χ2v) is 6.82. The Labute approximate surface area is 146 Å². The lowest BCUT2D eigenvalue weighted by Gasteiger charge is -2.21. The maximum absolute atomic E-state index is 14.4. The van der Waals surface area contributed by atoms with E-state index < -0.39 is 0 Å². The average Bonchev–Trinajstić information content (AvgIpc) is 2.47. The van der Waals surface area contributed by atoms with Crippen molar-refractivity contribution >= 4 is 43.5 Å². The Bertz CT molecular complexity index is 634. The number of halogens is 4. The van der Waals surface area contributed by atoms with Gasteiger partial charge in [-0.15, -0.1) is 0 Å². The van der Waals surface area contributed by atoms with Crippen molar-refractivity contribution in [2.24, 2.45) is 0 Å². The van der Waals surface area contributed by atoms with Gasteiger partial charge in [-0.05, 0) is 68.6 Å². The molecule has 1 unspecified atom stereocenters. The summed E-state index contributed by atoms with van der Waals surface area (Å²) in [4.78, 5) is 0. The molecule has 112 valence electrons. The van der Waals surface area contributed by atoms with E-state index in [1.807, 2.05) is 24.3 Å². The molecule has 1 nitrogen and oxygen atoms in total. The van der Waals surface area contributed by atoms with Crippen LogP contribution in [0, 0.1) is 5.82 Å². The summed E-state index contributed by atoms with van der Waals surface area (Å²) in [5.41, 5.74) is 1.55. The van der Waals surface area contributed by atoms with E-state index in [1.54, 1.807) is 12.1 Å². The summed E-state index contributed by atoms with van der Waals surface area (Å²) in [5.74, 6) is -0.245. The van der Waals surface area contributed by atoms with E-state index in [-0.39, 0.29) is 11.9 Å². The first kappa shape index (κ1) is 16.9. The smallest absolute Gasteiger partial charge is 0.142 e. The highest BCUT2D eigenvalue weighted by molar-refractivity contribution is 9.10. The molecule has 0 aromatic heterocycles. The molecule has 0 aliphatic rings. The highest BCUT2D eigenvalue weighted by atomic mass is 79.9. The van der Waals surface area contributed by atoms with Crippen LogP contribution >= 0.6 is 43.5 Å². The lowest BCUT2D eigenvalue weighted by atomic mass is 9.98. The summed E-state index contributed by atoms with van der Waals surface area (Å²) in [6.45, 7) is 2.88. The van der Waals surface area contributed by atoms with E-state index in [0.29, 0.717) is 15.1 Å². The van der Waals surface area contributed by atoms with Gasteiger partial charge in [-0.1, -0.05) is 36.7 Å². The Hall–Kier alpha value is -0.420. The largest absolute Gasteiger partial charge is 0.306 e. The Kier molecular flexibility index (Phi) is 6.23. The lowest BCUT2D eigenvalue weighted by Crippen LogP contribution is -2.24. The van der Waals surface area contributed by atoms with Gasteiger partial charge < -0.3 is 5.32 Å². The molecule has 0 heterocycles. The fourth-order valence-corrected chi connectivity index (χ4v) is 2.95. The van der Waals surface area contributed by atoms with E-state index in [9.17, 15) is 4.39 Å². The molecule has 0 saturated carbocycles. The van der Waals surface area contributed by atoms with Gasteiger partial charge in [-0.2, -0.15) is 0 Å². The second kappa shape index (κ2) is 7.73. The Morgan fingerprint density at radius 2 is 1.95 bits per heavy atom. The molecule has 2 aromatic carbocycles. The summed E-state index contributed by atoms with van der Waals surface area (Å²) >= 11 is 12.8. The zero-order chi connectivity index (χ0) is 15.4. The van der Waals surface area contributed by atoms with Crippen molar-refractivity contribution in [3.8, 4) is 0 Å². The van der Waals surface area contributed by atoms with Crippen LogP contribution in [0.3, 0.4) is 0 Å². The zero-order valence-electron chi connectivity index (χ0n) is 11.5. The maximum Gasteiger partial charge on any atom is 0.142 e. The molecule has 0 aliphatic carbocycles. The standard InChI is InChI=1S/C16H15Br2ClFN/c1-2-8-21-16(10-6-7-12(17)14(19)9-10)11-4-3-5-13(18)15(11)20/h3-7,9,16,21H,2,8H2,1H3. The Morgan fingerprint density at radius 3 is 2.62 bits per heavy atom. The molecule has 5 heteroatoms. The topological polar surface area (TPSA) is 12.0 Å². The van der Waals surface area contributed by atoms with Crippen LogP contribution in [0.2, 0.25) is 5.02 Å². The molecular weight excluding hydrogens is 420 g/mol. The number of hydrogen-bond donors (Lipinski definition) is 1. The minimum absolute atomic E-state index is 0.229. The van der Waals surface area contributed by atoms with E-state index in [4.69, 9.17) is 11.6 Å². The number of benzene rings is 2. The van der Waals surface area contributed by atoms with Crippen LogP contribution in [0.25, 0.3) is 0 Å². The van der Waals surface area contributed by atoms with Crippen LogP contribution < -0.4 is 5.32 Å². The van der Waals surface area contributed by atoms with Gasteiger partial charge in [0.1, 0.15) is 5.82 Å². The number of rotatable bonds is 5. The third-order valence-corrected chi connectivity index (χ3v) is 5.01. The molecule has 0 saturated heterocycles. The molecule has 1 atom stereocenters. The van der Waals surface area contributed by atoms with Gasteiger partial charge in [0.05, 0.1) is 15.5 Å². The molecule has 0 spiro atoms. The molecule has 21 heavy (non-hydrogen) atoms. The summed E-state index contributed by atoms with van der Waals surface area (Å²) in [6, 6.07) is 10.8. The first-order valence-corrected chi connectivity index (χ1v) is 8.63. The van der Waals surface area contributed by atoms with Crippen molar-refractivity contribution in [3.05, 3.63) is 67.3 Å². The maximum atomic E-state index is 14.4. The van der Waals surface area contributed by atoms with Gasteiger partial charge in [-0.25, -0.2) is 4.39 Å². The van der Waals surface area contributed by atoms with Crippen molar-refractivity contribution in [3.63, 3.8) is 0 Å². The van der Waals surface area contributed by atoms with Gasteiger partial charge in [0.25, 0.3) is 0 Å².